The first-order valence-electron chi connectivity index (χ1n) is 9.33. The van der Waals surface area contributed by atoms with Crippen LogP contribution in [0.5, 0.6) is 11.5 Å². The van der Waals surface area contributed by atoms with Crippen LogP contribution in [0.4, 0.5) is 8.78 Å². The highest BCUT2D eigenvalue weighted by Crippen LogP contribution is 2.25. The molecule has 158 valence electrons. The van der Waals surface area contributed by atoms with E-state index >= 15 is 0 Å². The van der Waals surface area contributed by atoms with Gasteiger partial charge in [0.15, 0.2) is 0 Å². The van der Waals surface area contributed by atoms with Gasteiger partial charge in [-0.15, -0.1) is 0 Å². The predicted octanol–water partition coefficient (Wildman–Crippen LogP) is 5.50. The lowest BCUT2D eigenvalue weighted by molar-refractivity contribution is 0.136. The van der Waals surface area contributed by atoms with E-state index in [1.54, 1.807) is 19.2 Å². The molecule has 1 aromatic heterocycles. The van der Waals surface area contributed by atoms with Crippen molar-refractivity contribution in [2.24, 2.45) is 5.10 Å². The van der Waals surface area contributed by atoms with Gasteiger partial charge < -0.3 is 9.47 Å². The smallest absolute Gasteiger partial charge is 0.299 e. The topological polar surface area (TPSA) is 64.4 Å². The minimum absolute atomic E-state index is 0.0140. The fourth-order valence-corrected chi connectivity index (χ4v) is 3.28. The molecule has 0 saturated heterocycles. The molecular weight excluding hydrogens is 422 g/mol. The molecule has 3 aromatic carbocycles. The average Bonchev–Trinajstić information content (AvgIpc) is 3.16. The maximum atomic E-state index is 13.0. The van der Waals surface area contributed by atoms with Crippen molar-refractivity contribution in [2.75, 3.05) is 7.11 Å². The number of methoxy groups -OCH3 is 1. The number of aromatic amines is 1. The number of ether oxygens (including phenoxy) is 2. The average molecular weight is 440 g/mol. The van der Waals surface area contributed by atoms with Crippen molar-refractivity contribution in [3.8, 4) is 11.5 Å². The first-order chi connectivity index (χ1) is 15.0. The highest BCUT2D eigenvalue weighted by atomic mass is 32.1. The Labute approximate surface area is 181 Å². The van der Waals surface area contributed by atoms with Crippen LogP contribution in [0.1, 0.15) is 23.4 Å². The van der Waals surface area contributed by atoms with E-state index in [-0.39, 0.29) is 11.4 Å². The zero-order chi connectivity index (χ0) is 21.8. The minimum Gasteiger partial charge on any atom is -0.496 e. The summed E-state index contributed by atoms with van der Waals surface area (Å²) in [4.78, 5) is 0. The van der Waals surface area contributed by atoms with E-state index in [1.165, 1.54) is 6.21 Å². The van der Waals surface area contributed by atoms with Gasteiger partial charge >= 0.3 is 0 Å². The number of benzene rings is 3. The molecular formula is C22H18F2N4O2S. The predicted molar refractivity (Wildman–Crippen MR) is 117 cm³/mol. The second-order valence-corrected chi connectivity index (χ2v) is 7.00. The number of fused-ring (bicyclic) bond motifs is 1. The molecule has 0 bridgehead atoms. The normalized spacial score (nSPS) is 11.5. The Morgan fingerprint density at radius 3 is 2.71 bits per heavy atom. The van der Waals surface area contributed by atoms with Gasteiger partial charge in [-0.3, -0.25) is 0 Å². The van der Waals surface area contributed by atoms with Gasteiger partial charge in [0, 0.05) is 5.56 Å². The zero-order valence-electron chi connectivity index (χ0n) is 16.5. The molecule has 0 atom stereocenters. The van der Waals surface area contributed by atoms with Crippen molar-refractivity contribution in [3.05, 3.63) is 82.4 Å². The van der Waals surface area contributed by atoms with Crippen LogP contribution >= 0.6 is 12.2 Å². The van der Waals surface area contributed by atoms with Gasteiger partial charge in [0.05, 0.1) is 13.3 Å². The van der Waals surface area contributed by atoms with Gasteiger partial charge in [0.2, 0.25) is 10.6 Å². The van der Waals surface area contributed by atoms with Crippen LogP contribution < -0.4 is 9.47 Å². The monoisotopic (exact) mass is 440 g/mol. The number of nitrogens with zero attached hydrogens (tertiary/aromatic N) is 3. The number of rotatable bonds is 7. The molecule has 0 spiro atoms. The van der Waals surface area contributed by atoms with E-state index in [4.69, 9.17) is 21.7 Å². The molecule has 1 heterocycles. The van der Waals surface area contributed by atoms with E-state index in [2.05, 4.69) is 15.3 Å². The summed E-state index contributed by atoms with van der Waals surface area (Å²) in [5, 5.41) is 12.1. The number of nitrogens with one attached hydrogen (secondary N) is 1. The molecule has 0 amide bonds. The van der Waals surface area contributed by atoms with E-state index in [9.17, 15) is 8.78 Å². The Hall–Kier alpha value is -3.59. The van der Waals surface area contributed by atoms with Gasteiger partial charge in [0.1, 0.15) is 18.1 Å². The van der Waals surface area contributed by atoms with Crippen molar-refractivity contribution in [1.82, 2.24) is 14.9 Å². The summed E-state index contributed by atoms with van der Waals surface area (Å²) in [7, 11) is 1.57. The number of halogens is 2. The largest absolute Gasteiger partial charge is 0.496 e. The second-order valence-electron chi connectivity index (χ2n) is 6.61. The van der Waals surface area contributed by atoms with Crippen LogP contribution in [0.3, 0.4) is 0 Å². The molecule has 0 radical (unpaired) electrons. The third-order valence-corrected chi connectivity index (χ3v) is 4.88. The number of aromatic nitrogens is 3. The SMILES string of the molecule is COc1ccc(C=Nn2c(C(F)F)n[nH]c2=S)cc1COc1ccc2ccccc2c1. The van der Waals surface area contributed by atoms with Crippen molar-refractivity contribution >= 4 is 29.2 Å². The molecule has 0 aliphatic rings. The molecule has 0 unspecified atom stereocenters. The molecule has 31 heavy (non-hydrogen) atoms. The van der Waals surface area contributed by atoms with Crippen molar-refractivity contribution in [1.29, 1.82) is 0 Å². The first kappa shape index (κ1) is 20.7. The standard InChI is InChI=1S/C22H18F2N4O2S/c1-29-19-9-6-14(12-25-28-21(20(23)24)26-27-22(28)31)10-17(19)13-30-18-8-7-15-4-2-3-5-16(15)11-18/h2-12,20H,13H2,1H3,(H,27,31). The van der Waals surface area contributed by atoms with Crippen LogP contribution in [0.25, 0.3) is 10.8 Å². The number of H-pyrrole nitrogens is 1. The van der Waals surface area contributed by atoms with Crippen molar-refractivity contribution in [2.45, 2.75) is 13.0 Å². The third kappa shape index (κ3) is 4.61. The summed E-state index contributed by atoms with van der Waals surface area (Å²) >= 11 is 4.96. The van der Waals surface area contributed by atoms with E-state index < -0.39 is 12.2 Å². The molecule has 0 aliphatic heterocycles. The number of alkyl halides is 2. The molecule has 4 rings (SSSR count). The van der Waals surface area contributed by atoms with Crippen LogP contribution in [0.15, 0.2) is 65.8 Å². The van der Waals surface area contributed by atoms with Crippen molar-refractivity contribution in [3.63, 3.8) is 0 Å². The quantitative estimate of drug-likeness (QED) is 0.304. The molecule has 9 heteroatoms. The zero-order valence-corrected chi connectivity index (χ0v) is 17.3. The number of hydrogen-bond acceptors (Lipinski definition) is 5. The van der Waals surface area contributed by atoms with Crippen molar-refractivity contribution < 1.29 is 18.3 Å². The van der Waals surface area contributed by atoms with E-state index in [1.807, 2.05) is 48.5 Å². The molecule has 1 N–H and O–H groups in total. The summed E-state index contributed by atoms with van der Waals surface area (Å²) in [6.45, 7) is 0.261. The maximum absolute atomic E-state index is 13.0. The molecule has 0 aliphatic carbocycles. The Kier molecular flexibility index (Phi) is 6.03. The Morgan fingerprint density at radius 2 is 1.94 bits per heavy atom. The van der Waals surface area contributed by atoms with Gasteiger partial charge in [0.25, 0.3) is 6.43 Å². The summed E-state index contributed by atoms with van der Waals surface area (Å²) in [6, 6.07) is 19.2. The van der Waals surface area contributed by atoms with Gasteiger partial charge in [-0.1, -0.05) is 30.3 Å². The summed E-state index contributed by atoms with van der Waals surface area (Å²) < 4.78 is 38.3. The molecule has 0 fully saturated rings. The lowest BCUT2D eigenvalue weighted by atomic mass is 10.1. The van der Waals surface area contributed by atoms with Crippen LogP contribution in [0.2, 0.25) is 0 Å². The van der Waals surface area contributed by atoms with Crippen LogP contribution in [-0.2, 0) is 6.61 Å². The fraction of sp³-hybridized carbons (Fsp3) is 0.136. The Bertz CT molecular complexity index is 1300. The Balaban J connectivity index is 1.56. The Morgan fingerprint density at radius 1 is 1.13 bits per heavy atom. The summed E-state index contributed by atoms with van der Waals surface area (Å²) in [5.41, 5.74) is 1.45. The molecule has 4 aromatic rings. The lowest BCUT2D eigenvalue weighted by Gasteiger charge is -2.12. The van der Waals surface area contributed by atoms with E-state index in [0.717, 1.165) is 26.8 Å². The third-order valence-electron chi connectivity index (χ3n) is 4.61. The molecule has 6 nitrogen and oxygen atoms in total. The maximum Gasteiger partial charge on any atom is 0.299 e. The highest BCUT2D eigenvalue weighted by Gasteiger charge is 2.16. The second kappa shape index (κ2) is 9.05. The lowest BCUT2D eigenvalue weighted by Crippen LogP contribution is -2.01. The summed E-state index contributed by atoms with van der Waals surface area (Å²) in [5.74, 6) is 0.826. The minimum atomic E-state index is -2.80. The van der Waals surface area contributed by atoms with Gasteiger partial charge in [-0.05, 0) is 58.9 Å². The first-order valence-corrected chi connectivity index (χ1v) is 9.74. The van der Waals surface area contributed by atoms with Gasteiger partial charge in [-0.2, -0.15) is 14.9 Å². The fourth-order valence-electron chi connectivity index (χ4n) is 3.09. The van der Waals surface area contributed by atoms with Gasteiger partial charge in [-0.25, -0.2) is 13.9 Å². The number of hydrogen-bond donors (Lipinski definition) is 1. The van der Waals surface area contributed by atoms with E-state index in [0.29, 0.717) is 11.3 Å². The summed E-state index contributed by atoms with van der Waals surface area (Å²) in [6.07, 6.45) is -1.37. The van der Waals surface area contributed by atoms with Crippen LogP contribution in [0, 0.1) is 4.77 Å². The highest BCUT2D eigenvalue weighted by molar-refractivity contribution is 7.71. The van der Waals surface area contributed by atoms with Crippen LogP contribution in [-0.4, -0.2) is 28.2 Å². The molecule has 0 saturated carbocycles.